The van der Waals surface area contributed by atoms with Gasteiger partial charge in [0.2, 0.25) is 0 Å². The highest BCUT2D eigenvalue weighted by atomic mass is 16.5. The van der Waals surface area contributed by atoms with Gasteiger partial charge in [0.05, 0.1) is 14.2 Å². The summed E-state index contributed by atoms with van der Waals surface area (Å²) in [6.07, 6.45) is 0. The van der Waals surface area contributed by atoms with E-state index in [1.165, 1.54) is 0 Å². The van der Waals surface area contributed by atoms with Gasteiger partial charge in [0.1, 0.15) is 5.75 Å². The minimum Gasteiger partial charge on any atom is -0.496 e. The van der Waals surface area contributed by atoms with Crippen molar-refractivity contribution in [3.8, 4) is 5.75 Å². The number of para-hydroxylation sites is 1. The number of carbonyl (C=O) groups is 2. The van der Waals surface area contributed by atoms with E-state index in [2.05, 4.69) is 10.1 Å². The van der Waals surface area contributed by atoms with Crippen LogP contribution >= 0.6 is 0 Å². The molecule has 0 spiro atoms. The van der Waals surface area contributed by atoms with Crippen molar-refractivity contribution in [3.63, 3.8) is 0 Å². The topological polar surface area (TPSA) is 64.6 Å². The Bertz CT molecular complexity index is 389. The molecule has 1 rings (SSSR count). The van der Waals surface area contributed by atoms with Crippen molar-refractivity contribution in [1.82, 2.24) is 5.32 Å². The van der Waals surface area contributed by atoms with Gasteiger partial charge in [0.15, 0.2) is 0 Å². The Labute approximate surface area is 93.4 Å². The number of rotatable bonds is 3. The molecule has 5 nitrogen and oxygen atoms in total. The first-order chi connectivity index (χ1) is 7.69. The van der Waals surface area contributed by atoms with Crippen LogP contribution < -0.4 is 10.1 Å². The second-order valence-corrected chi connectivity index (χ2v) is 2.99. The van der Waals surface area contributed by atoms with Crippen molar-refractivity contribution >= 4 is 11.9 Å². The van der Waals surface area contributed by atoms with E-state index in [9.17, 15) is 9.59 Å². The molecule has 5 heteroatoms. The summed E-state index contributed by atoms with van der Waals surface area (Å²) in [7, 11) is 2.70. The smallest absolute Gasteiger partial charge is 0.396 e. The Morgan fingerprint density at radius 3 is 2.56 bits per heavy atom. The Balaban J connectivity index is 2.61. The quantitative estimate of drug-likeness (QED) is 0.598. The first kappa shape index (κ1) is 12.0. The zero-order chi connectivity index (χ0) is 12.0. The number of benzene rings is 1. The van der Waals surface area contributed by atoms with Gasteiger partial charge in [-0.1, -0.05) is 18.2 Å². The molecule has 0 heterocycles. The summed E-state index contributed by atoms with van der Waals surface area (Å²) in [6.45, 7) is 0.220. The summed E-state index contributed by atoms with van der Waals surface area (Å²) in [5.74, 6) is -1.02. The van der Waals surface area contributed by atoms with E-state index in [4.69, 9.17) is 4.74 Å². The van der Waals surface area contributed by atoms with Gasteiger partial charge < -0.3 is 14.8 Å². The molecule has 1 N–H and O–H groups in total. The molecule has 1 amide bonds. The van der Waals surface area contributed by atoms with Gasteiger partial charge in [0, 0.05) is 12.1 Å². The van der Waals surface area contributed by atoms with Gasteiger partial charge in [-0.3, -0.25) is 4.79 Å². The molecule has 86 valence electrons. The van der Waals surface area contributed by atoms with Crippen LogP contribution in [0.5, 0.6) is 5.75 Å². The van der Waals surface area contributed by atoms with Gasteiger partial charge in [-0.2, -0.15) is 0 Å². The maximum Gasteiger partial charge on any atom is 0.396 e. The fourth-order valence-electron chi connectivity index (χ4n) is 1.19. The third kappa shape index (κ3) is 2.98. The van der Waals surface area contributed by atoms with Crippen LogP contribution in [0, 0.1) is 0 Å². The monoisotopic (exact) mass is 223 g/mol. The molecule has 0 aliphatic heterocycles. The van der Waals surface area contributed by atoms with Crippen molar-refractivity contribution in [1.29, 1.82) is 0 Å². The van der Waals surface area contributed by atoms with Gasteiger partial charge in [-0.15, -0.1) is 0 Å². The third-order valence-corrected chi connectivity index (χ3v) is 2.00. The van der Waals surface area contributed by atoms with Crippen molar-refractivity contribution in [2.75, 3.05) is 14.2 Å². The first-order valence-electron chi connectivity index (χ1n) is 4.67. The molecule has 0 radical (unpaired) electrons. The van der Waals surface area contributed by atoms with Crippen LogP contribution in [0.15, 0.2) is 24.3 Å². The van der Waals surface area contributed by atoms with E-state index in [0.717, 1.165) is 12.7 Å². The van der Waals surface area contributed by atoms with Crippen molar-refractivity contribution in [2.45, 2.75) is 6.54 Å². The van der Waals surface area contributed by atoms with Crippen LogP contribution in [-0.2, 0) is 20.9 Å². The molecule has 0 aliphatic carbocycles. The number of esters is 1. The maximum atomic E-state index is 11.1. The van der Waals surface area contributed by atoms with Crippen LogP contribution in [0.2, 0.25) is 0 Å². The molecule has 0 aliphatic rings. The third-order valence-electron chi connectivity index (χ3n) is 2.00. The molecule has 0 fully saturated rings. The summed E-state index contributed by atoms with van der Waals surface area (Å²) < 4.78 is 9.37. The summed E-state index contributed by atoms with van der Waals surface area (Å²) >= 11 is 0. The maximum absolute atomic E-state index is 11.1. The second-order valence-electron chi connectivity index (χ2n) is 2.99. The Kier molecular flexibility index (Phi) is 4.32. The average molecular weight is 223 g/mol. The summed E-state index contributed by atoms with van der Waals surface area (Å²) in [6, 6.07) is 7.22. The van der Waals surface area contributed by atoms with Gasteiger partial charge in [0.25, 0.3) is 0 Å². The molecular formula is C11H13NO4. The van der Waals surface area contributed by atoms with Crippen LogP contribution in [0.1, 0.15) is 5.56 Å². The van der Waals surface area contributed by atoms with Crippen LogP contribution in [0.25, 0.3) is 0 Å². The van der Waals surface area contributed by atoms with E-state index in [0.29, 0.717) is 5.75 Å². The normalized spacial score (nSPS) is 9.38. The van der Waals surface area contributed by atoms with E-state index < -0.39 is 11.9 Å². The zero-order valence-electron chi connectivity index (χ0n) is 9.15. The Morgan fingerprint density at radius 2 is 1.94 bits per heavy atom. The fraction of sp³-hybridized carbons (Fsp3) is 0.273. The Hall–Kier alpha value is -2.04. The number of nitrogens with one attached hydrogen (secondary N) is 1. The number of hydrogen-bond donors (Lipinski definition) is 1. The standard InChI is InChI=1S/C11H13NO4/c1-15-9-6-4-3-5-8(9)7-12-10(13)11(14)16-2/h3-6H,7H2,1-2H3,(H,12,13). The van der Waals surface area contributed by atoms with E-state index in [1.807, 2.05) is 12.1 Å². The molecule has 1 aromatic rings. The molecule has 16 heavy (non-hydrogen) atoms. The lowest BCUT2D eigenvalue weighted by atomic mass is 10.2. The fourth-order valence-corrected chi connectivity index (χ4v) is 1.19. The molecule has 0 atom stereocenters. The number of hydrogen-bond acceptors (Lipinski definition) is 4. The predicted octanol–water partition coefficient (Wildman–Crippen LogP) is 0.484. The van der Waals surface area contributed by atoms with Gasteiger partial charge >= 0.3 is 11.9 Å². The highest BCUT2D eigenvalue weighted by Crippen LogP contribution is 2.16. The largest absolute Gasteiger partial charge is 0.496 e. The second kappa shape index (κ2) is 5.75. The number of carbonyl (C=O) groups excluding carboxylic acids is 2. The molecule has 0 unspecified atom stereocenters. The molecule has 0 aromatic heterocycles. The van der Waals surface area contributed by atoms with Crippen LogP contribution in [0.4, 0.5) is 0 Å². The number of methoxy groups -OCH3 is 2. The van der Waals surface area contributed by atoms with Gasteiger partial charge in [-0.05, 0) is 6.07 Å². The average Bonchev–Trinajstić information content (AvgIpc) is 2.35. The number of ether oxygens (including phenoxy) is 2. The SMILES string of the molecule is COC(=O)C(=O)NCc1ccccc1OC. The molecular weight excluding hydrogens is 210 g/mol. The van der Waals surface area contributed by atoms with E-state index in [1.54, 1.807) is 19.2 Å². The zero-order valence-corrected chi connectivity index (χ0v) is 9.15. The number of amides is 1. The first-order valence-corrected chi connectivity index (χ1v) is 4.67. The molecule has 0 bridgehead atoms. The summed E-state index contributed by atoms with van der Waals surface area (Å²) in [5, 5.41) is 2.43. The van der Waals surface area contributed by atoms with Crippen molar-refractivity contribution in [3.05, 3.63) is 29.8 Å². The van der Waals surface area contributed by atoms with Crippen molar-refractivity contribution < 1.29 is 19.1 Å². The van der Waals surface area contributed by atoms with Crippen LogP contribution in [0.3, 0.4) is 0 Å². The predicted molar refractivity (Wildman–Crippen MR) is 56.9 cm³/mol. The van der Waals surface area contributed by atoms with Crippen LogP contribution in [-0.4, -0.2) is 26.1 Å². The lowest BCUT2D eigenvalue weighted by Gasteiger charge is -2.08. The highest BCUT2D eigenvalue weighted by Gasteiger charge is 2.13. The summed E-state index contributed by atoms with van der Waals surface area (Å²) in [5.41, 5.74) is 0.794. The van der Waals surface area contributed by atoms with E-state index in [-0.39, 0.29) is 6.54 Å². The molecule has 0 saturated heterocycles. The lowest BCUT2D eigenvalue weighted by Crippen LogP contribution is -2.31. The Morgan fingerprint density at radius 1 is 1.25 bits per heavy atom. The van der Waals surface area contributed by atoms with Gasteiger partial charge in [-0.25, -0.2) is 4.79 Å². The molecule has 0 saturated carbocycles. The minimum absolute atomic E-state index is 0.220. The lowest BCUT2D eigenvalue weighted by molar-refractivity contribution is -0.152. The van der Waals surface area contributed by atoms with E-state index >= 15 is 0 Å². The summed E-state index contributed by atoms with van der Waals surface area (Å²) in [4.78, 5) is 21.9. The van der Waals surface area contributed by atoms with Crippen molar-refractivity contribution in [2.24, 2.45) is 0 Å². The highest BCUT2D eigenvalue weighted by molar-refractivity contribution is 6.32. The minimum atomic E-state index is -0.908. The molecule has 1 aromatic carbocycles.